The highest BCUT2D eigenvalue weighted by molar-refractivity contribution is 6.36. The number of amides is 4. The molecule has 9 heteroatoms. The van der Waals surface area contributed by atoms with Crippen LogP contribution in [0.1, 0.15) is 31.7 Å². The van der Waals surface area contributed by atoms with E-state index < -0.39 is 35.7 Å². The molecule has 1 saturated heterocycles. The average Bonchev–Trinajstić information content (AvgIpc) is 2.94. The normalized spacial score (nSPS) is 18.5. The zero-order valence-electron chi connectivity index (χ0n) is 16.2. The van der Waals surface area contributed by atoms with Crippen LogP contribution < -0.4 is 10.6 Å². The molecular formula is C21H20Cl2FN3O3. The number of benzene rings is 2. The molecule has 2 aromatic carbocycles. The molecule has 0 bridgehead atoms. The number of hydrogen-bond acceptors (Lipinski definition) is 3. The van der Waals surface area contributed by atoms with Crippen LogP contribution in [0.2, 0.25) is 10.0 Å². The predicted octanol–water partition coefficient (Wildman–Crippen LogP) is 4.71. The maximum Gasteiger partial charge on any atom is 0.325 e. The molecule has 3 rings (SSSR count). The first-order valence-corrected chi connectivity index (χ1v) is 10.2. The minimum Gasteiger partial charge on any atom is -0.323 e. The van der Waals surface area contributed by atoms with Crippen LogP contribution in [-0.4, -0.2) is 29.3 Å². The van der Waals surface area contributed by atoms with Crippen molar-refractivity contribution >= 4 is 46.7 Å². The van der Waals surface area contributed by atoms with Crippen molar-refractivity contribution in [2.45, 2.75) is 31.7 Å². The van der Waals surface area contributed by atoms with Gasteiger partial charge in [-0.3, -0.25) is 14.5 Å². The molecule has 1 fully saturated rings. The summed E-state index contributed by atoms with van der Waals surface area (Å²) in [5.41, 5.74) is -0.549. The molecule has 0 saturated carbocycles. The molecule has 0 aromatic heterocycles. The summed E-state index contributed by atoms with van der Waals surface area (Å²) in [5, 5.41) is 5.93. The van der Waals surface area contributed by atoms with E-state index in [0.29, 0.717) is 29.1 Å². The Kier molecular flexibility index (Phi) is 6.63. The molecule has 2 aromatic rings. The molecule has 0 radical (unpaired) electrons. The van der Waals surface area contributed by atoms with Gasteiger partial charge in [-0.2, -0.15) is 0 Å². The predicted molar refractivity (Wildman–Crippen MR) is 113 cm³/mol. The molecule has 1 aliphatic rings. The number of carbonyl (C=O) groups excluding carboxylic acids is 3. The van der Waals surface area contributed by atoms with E-state index >= 15 is 0 Å². The standard InChI is InChI=1S/C21H20Cl2FN3O3/c1-2-3-10-21(13-4-7-15(24)8-5-13)19(29)27(20(30)26-21)12-18(28)25-17-9-6-14(22)11-16(17)23/h4-9,11H,2-3,10,12H2,1H3,(H,25,28)(H,26,30). The fourth-order valence-electron chi connectivity index (χ4n) is 3.38. The number of urea groups is 1. The van der Waals surface area contributed by atoms with Gasteiger partial charge in [-0.25, -0.2) is 9.18 Å². The first kappa shape index (κ1) is 22.1. The van der Waals surface area contributed by atoms with Gasteiger partial charge in [0.15, 0.2) is 0 Å². The summed E-state index contributed by atoms with van der Waals surface area (Å²) in [7, 11) is 0. The molecule has 4 amide bonds. The van der Waals surface area contributed by atoms with Gasteiger partial charge in [-0.15, -0.1) is 0 Å². The van der Waals surface area contributed by atoms with E-state index in [2.05, 4.69) is 10.6 Å². The maximum absolute atomic E-state index is 13.4. The second kappa shape index (κ2) is 9.02. The van der Waals surface area contributed by atoms with Crippen LogP contribution in [0.15, 0.2) is 42.5 Å². The molecule has 1 aliphatic heterocycles. The fourth-order valence-corrected chi connectivity index (χ4v) is 3.84. The summed E-state index contributed by atoms with van der Waals surface area (Å²) < 4.78 is 13.4. The Bertz CT molecular complexity index is 984. The lowest BCUT2D eigenvalue weighted by Crippen LogP contribution is -2.44. The molecule has 0 spiro atoms. The number of imide groups is 1. The number of rotatable bonds is 7. The van der Waals surface area contributed by atoms with Crippen molar-refractivity contribution in [3.63, 3.8) is 0 Å². The molecule has 1 heterocycles. The Morgan fingerprint density at radius 2 is 1.87 bits per heavy atom. The van der Waals surface area contributed by atoms with Crippen LogP contribution in [0.4, 0.5) is 14.9 Å². The van der Waals surface area contributed by atoms with Gasteiger partial charge < -0.3 is 10.6 Å². The van der Waals surface area contributed by atoms with Crippen LogP contribution in [0.5, 0.6) is 0 Å². The molecule has 6 nitrogen and oxygen atoms in total. The molecule has 0 aliphatic carbocycles. The third kappa shape index (κ3) is 4.42. The Balaban J connectivity index is 1.82. The number of anilines is 1. The van der Waals surface area contributed by atoms with Gasteiger partial charge in [0, 0.05) is 5.02 Å². The van der Waals surface area contributed by atoms with Crippen LogP contribution in [0, 0.1) is 5.82 Å². The summed E-state index contributed by atoms with van der Waals surface area (Å²) in [6.45, 7) is 1.47. The Morgan fingerprint density at radius 3 is 2.50 bits per heavy atom. The Hall–Kier alpha value is -2.64. The highest BCUT2D eigenvalue weighted by atomic mass is 35.5. The van der Waals surface area contributed by atoms with Gasteiger partial charge >= 0.3 is 6.03 Å². The Labute approximate surface area is 183 Å². The largest absolute Gasteiger partial charge is 0.325 e. The van der Waals surface area contributed by atoms with Crippen molar-refractivity contribution in [3.8, 4) is 0 Å². The van der Waals surface area contributed by atoms with Crippen LogP contribution in [-0.2, 0) is 15.1 Å². The molecule has 2 N–H and O–H groups in total. The minimum absolute atomic E-state index is 0.233. The number of unbranched alkanes of at least 4 members (excludes halogenated alkanes) is 1. The van der Waals surface area contributed by atoms with Gasteiger partial charge in [-0.05, 0) is 42.3 Å². The van der Waals surface area contributed by atoms with E-state index in [1.807, 2.05) is 6.92 Å². The first-order chi connectivity index (χ1) is 14.3. The Morgan fingerprint density at radius 1 is 1.17 bits per heavy atom. The average molecular weight is 452 g/mol. The van der Waals surface area contributed by atoms with Crippen molar-refractivity contribution < 1.29 is 18.8 Å². The molecule has 158 valence electrons. The van der Waals surface area contributed by atoms with E-state index in [-0.39, 0.29) is 5.02 Å². The van der Waals surface area contributed by atoms with Gasteiger partial charge in [0.25, 0.3) is 5.91 Å². The SMILES string of the molecule is CCCCC1(c2ccc(F)cc2)NC(=O)N(CC(=O)Nc2ccc(Cl)cc2Cl)C1=O. The first-order valence-electron chi connectivity index (χ1n) is 9.42. The van der Waals surface area contributed by atoms with Gasteiger partial charge in [-0.1, -0.05) is 55.1 Å². The van der Waals surface area contributed by atoms with Crippen molar-refractivity contribution in [1.29, 1.82) is 0 Å². The lowest BCUT2D eigenvalue weighted by Gasteiger charge is -2.27. The quantitative estimate of drug-likeness (QED) is 0.598. The highest BCUT2D eigenvalue weighted by Gasteiger charge is 2.52. The van der Waals surface area contributed by atoms with Gasteiger partial charge in [0.2, 0.25) is 5.91 Å². The van der Waals surface area contributed by atoms with Crippen molar-refractivity contribution in [3.05, 3.63) is 63.9 Å². The van der Waals surface area contributed by atoms with Gasteiger partial charge in [0.05, 0.1) is 10.7 Å². The van der Waals surface area contributed by atoms with Crippen molar-refractivity contribution in [1.82, 2.24) is 10.2 Å². The van der Waals surface area contributed by atoms with Crippen LogP contribution in [0.25, 0.3) is 0 Å². The molecule has 30 heavy (non-hydrogen) atoms. The summed E-state index contributed by atoms with van der Waals surface area (Å²) in [5.74, 6) is -1.59. The summed E-state index contributed by atoms with van der Waals surface area (Å²) in [4.78, 5) is 39.2. The van der Waals surface area contributed by atoms with Crippen molar-refractivity contribution in [2.75, 3.05) is 11.9 Å². The lowest BCUT2D eigenvalue weighted by atomic mass is 9.85. The summed E-state index contributed by atoms with van der Waals surface area (Å²) >= 11 is 11.9. The number of nitrogens with zero attached hydrogens (tertiary/aromatic N) is 1. The zero-order chi connectivity index (χ0) is 21.9. The number of nitrogens with one attached hydrogen (secondary N) is 2. The number of hydrogen-bond donors (Lipinski definition) is 2. The molecule has 1 unspecified atom stereocenters. The molecular weight excluding hydrogens is 432 g/mol. The van der Waals surface area contributed by atoms with Crippen LogP contribution >= 0.6 is 23.2 Å². The number of halogens is 3. The summed E-state index contributed by atoms with van der Waals surface area (Å²) in [6, 6.07) is 9.29. The fraction of sp³-hybridized carbons (Fsp3) is 0.286. The van der Waals surface area contributed by atoms with E-state index in [1.165, 1.54) is 36.4 Å². The van der Waals surface area contributed by atoms with E-state index in [4.69, 9.17) is 23.2 Å². The maximum atomic E-state index is 13.4. The van der Waals surface area contributed by atoms with E-state index in [1.54, 1.807) is 6.07 Å². The van der Waals surface area contributed by atoms with Gasteiger partial charge in [0.1, 0.15) is 17.9 Å². The second-order valence-electron chi connectivity index (χ2n) is 7.01. The van der Waals surface area contributed by atoms with Crippen molar-refractivity contribution in [2.24, 2.45) is 0 Å². The lowest BCUT2D eigenvalue weighted by molar-refractivity contribution is -0.134. The summed E-state index contributed by atoms with van der Waals surface area (Å²) in [6.07, 6.45) is 1.78. The van der Waals surface area contributed by atoms with E-state index in [9.17, 15) is 18.8 Å². The third-order valence-electron chi connectivity index (χ3n) is 4.93. The smallest absolute Gasteiger partial charge is 0.323 e. The topological polar surface area (TPSA) is 78.5 Å². The second-order valence-corrected chi connectivity index (χ2v) is 7.85. The molecule has 1 atom stereocenters. The van der Waals surface area contributed by atoms with E-state index in [0.717, 1.165) is 11.3 Å². The van der Waals surface area contributed by atoms with Crippen LogP contribution in [0.3, 0.4) is 0 Å². The zero-order valence-corrected chi connectivity index (χ0v) is 17.7. The number of carbonyl (C=O) groups is 3. The minimum atomic E-state index is -1.33. The highest BCUT2D eigenvalue weighted by Crippen LogP contribution is 2.34. The third-order valence-corrected chi connectivity index (χ3v) is 5.47. The monoisotopic (exact) mass is 451 g/mol.